The average Bonchev–Trinajstić information content (AvgIpc) is 3.25. The van der Waals surface area contributed by atoms with Crippen molar-refractivity contribution in [3.63, 3.8) is 0 Å². The van der Waals surface area contributed by atoms with Crippen molar-refractivity contribution in [3.05, 3.63) is 41.6 Å². The standard InChI is InChI=1S/C30H38N6O3/c1-6-7-8-9-10-31-29(39)24-13-30(5)14-25(30)36(24)26(38)17-35-28-18(2)11-21(22-15-32-20(4)33-16-22)12-23(28)27(34-35)19(3)37/h11-12,15-16,24-25H,6-10,13-14,17H2,1-5H3,(H,31,39)/t24-,25+,30-/m0/s1. The molecule has 1 saturated carbocycles. The Bertz CT molecular complexity index is 1430. The van der Waals surface area contributed by atoms with Gasteiger partial charge < -0.3 is 10.2 Å². The van der Waals surface area contributed by atoms with E-state index in [1.54, 1.807) is 22.0 Å². The molecule has 5 rings (SSSR count). The van der Waals surface area contributed by atoms with Crippen LogP contribution in [0.25, 0.3) is 22.0 Å². The molecule has 0 bridgehead atoms. The minimum Gasteiger partial charge on any atom is -0.354 e. The number of Topliss-reactive ketones (excluding diaryl/α,β-unsaturated/α-hetero) is 1. The summed E-state index contributed by atoms with van der Waals surface area (Å²) in [5, 5.41) is 8.36. The van der Waals surface area contributed by atoms with Crippen LogP contribution in [0.15, 0.2) is 24.5 Å². The number of ketones is 1. The molecule has 1 aliphatic carbocycles. The second-order valence-electron chi connectivity index (χ2n) is 11.5. The van der Waals surface area contributed by atoms with E-state index in [1.165, 1.54) is 6.92 Å². The molecule has 2 aromatic heterocycles. The highest BCUT2D eigenvalue weighted by molar-refractivity contribution is 6.07. The third kappa shape index (κ3) is 5.18. The third-order valence-electron chi connectivity index (χ3n) is 8.32. The number of aryl methyl sites for hydroxylation is 2. The monoisotopic (exact) mass is 530 g/mol. The number of likely N-dealkylation sites (tertiary alicyclic amines) is 1. The van der Waals surface area contributed by atoms with Gasteiger partial charge in [-0.05, 0) is 61.8 Å². The molecule has 3 aromatic rings. The highest BCUT2D eigenvalue weighted by Crippen LogP contribution is 2.59. The minimum atomic E-state index is -0.462. The molecular weight excluding hydrogens is 492 g/mol. The topological polar surface area (TPSA) is 110 Å². The molecule has 3 heterocycles. The summed E-state index contributed by atoms with van der Waals surface area (Å²) in [6.07, 6.45) is 9.47. The van der Waals surface area contributed by atoms with Crippen molar-refractivity contribution in [2.24, 2.45) is 5.41 Å². The molecule has 2 amide bonds. The van der Waals surface area contributed by atoms with Crippen LogP contribution in [0.5, 0.6) is 0 Å². The first kappa shape index (κ1) is 27.0. The molecule has 0 unspecified atom stereocenters. The Morgan fingerprint density at radius 1 is 1.05 bits per heavy atom. The number of nitrogens with zero attached hydrogens (tertiary/aromatic N) is 5. The summed E-state index contributed by atoms with van der Waals surface area (Å²) in [7, 11) is 0. The number of carbonyl (C=O) groups is 3. The zero-order valence-electron chi connectivity index (χ0n) is 23.6. The number of hydrogen-bond donors (Lipinski definition) is 1. The Morgan fingerprint density at radius 2 is 1.79 bits per heavy atom. The molecule has 0 radical (unpaired) electrons. The van der Waals surface area contributed by atoms with Gasteiger partial charge in [0.2, 0.25) is 11.8 Å². The maximum Gasteiger partial charge on any atom is 0.245 e. The predicted molar refractivity (Wildman–Crippen MR) is 149 cm³/mol. The number of fused-ring (bicyclic) bond motifs is 2. The van der Waals surface area contributed by atoms with Crippen LogP contribution >= 0.6 is 0 Å². The number of hydrogen-bond acceptors (Lipinski definition) is 6. The molecule has 2 aliphatic rings. The average molecular weight is 531 g/mol. The van der Waals surface area contributed by atoms with Crippen LogP contribution in [0.2, 0.25) is 0 Å². The maximum absolute atomic E-state index is 13.8. The van der Waals surface area contributed by atoms with Gasteiger partial charge in [0, 0.05) is 42.9 Å². The van der Waals surface area contributed by atoms with Crippen molar-refractivity contribution in [1.29, 1.82) is 0 Å². The van der Waals surface area contributed by atoms with Gasteiger partial charge in [-0.15, -0.1) is 0 Å². The summed E-state index contributed by atoms with van der Waals surface area (Å²) in [6.45, 7) is 10.2. The lowest BCUT2D eigenvalue weighted by molar-refractivity contribution is -0.140. The van der Waals surface area contributed by atoms with Gasteiger partial charge in [0.15, 0.2) is 5.78 Å². The Morgan fingerprint density at radius 3 is 2.49 bits per heavy atom. The normalized spacial score (nSPS) is 21.7. The quantitative estimate of drug-likeness (QED) is 0.308. The number of piperidine rings is 1. The molecule has 39 heavy (non-hydrogen) atoms. The number of nitrogens with one attached hydrogen (secondary N) is 1. The van der Waals surface area contributed by atoms with Crippen molar-refractivity contribution < 1.29 is 14.4 Å². The Balaban J connectivity index is 1.41. The van der Waals surface area contributed by atoms with E-state index >= 15 is 0 Å². The minimum absolute atomic E-state index is 0.00245. The maximum atomic E-state index is 13.8. The summed E-state index contributed by atoms with van der Waals surface area (Å²) in [6, 6.07) is 3.54. The molecule has 3 atom stereocenters. The van der Waals surface area contributed by atoms with Crippen molar-refractivity contribution in [1.82, 2.24) is 30.0 Å². The Labute approximate surface area is 229 Å². The number of amides is 2. The van der Waals surface area contributed by atoms with Gasteiger partial charge in [-0.1, -0.05) is 33.1 Å². The van der Waals surface area contributed by atoms with E-state index in [1.807, 2.05) is 26.0 Å². The molecule has 0 spiro atoms. The SMILES string of the molecule is CCCCCCNC(=O)[C@@H]1C[C@@]2(C)C[C@H]2N1C(=O)Cn1nc(C(C)=O)c2cc(-c3cnc(C)nc3)cc(C)c21. The number of unbranched alkanes of at least 4 members (excludes halogenated alkanes) is 3. The largest absolute Gasteiger partial charge is 0.354 e. The third-order valence-corrected chi connectivity index (χ3v) is 8.32. The van der Waals surface area contributed by atoms with E-state index in [4.69, 9.17) is 0 Å². The lowest BCUT2D eigenvalue weighted by Crippen LogP contribution is -2.49. The zero-order chi connectivity index (χ0) is 27.9. The molecule has 1 aliphatic heterocycles. The highest BCUT2D eigenvalue weighted by Gasteiger charge is 2.64. The Kier molecular flexibility index (Phi) is 7.27. The van der Waals surface area contributed by atoms with E-state index < -0.39 is 6.04 Å². The lowest BCUT2D eigenvalue weighted by atomic mass is 10.0. The van der Waals surface area contributed by atoms with Crippen molar-refractivity contribution in [2.75, 3.05) is 6.54 Å². The molecule has 1 N–H and O–H groups in total. The van der Waals surface area contributed by atoms with Crippen LogP contribution in [-0.4, -0.2) is 60.9 Å². The summed E-state index contributed by atoms with van der Waals surface area (Å²) in [5.74, 6) is 0.315. The molecule has 206 valence electrons. The van der Waals surface area contributed by atoms with Gasteiger partial charge in [0.1, 0.15) is 24.1 Å². The van der Waals surface area contributed by atoms with E-state index in [2.05, 4.69) is 34.2 Å². The molecule has 9 nitrogen and oxygen atoms in total. The van der Waals surface area contributed by atoms with Crippen molar-refractivity contribution in [3.8, 4) is 11.1 Å². The summed E-state index contributed by atoms with van der Waals surface area (Å²) >= 11 is 0. The van der Waals surface area contributed by atoms with Crippen LogP contribution < -0.4 is 5.32 Å². The molecule has 1 saturated heterocycles. The first-order valence-electron chi connectivity index (χ1n) is 14.0. The highest BCUT2D eigenvalue weighted by atomic mass is 16.2. The predicted octanol–water partition coefficient (Wildman–Crippen LogP) is 4.39. The number of benzene rings is 1. The van der Waals surface area contributed by atoms with Crippen molar-refractivity contribution in [2.45, 2.75) is 91.8 Å². The van der Waals surface area contributed by atoms with Gasteiger partial charge >= 0.3 is 0 Å². The first-order valence-corrected chi connectivity index (χ1v) is 14.0. The van der Waals surface area contributed by atoms with E-state index in [0.717, 1.165) is 54.3 Å². The molecular formula is C30H38N6O3. The number of aromatic nitrogens is 4. The van der Waals surface area contributed by atoms with E-state index in [-0.39, 0.29) is 35.6 Å². The lowest BCUT2D eigenvalue weighted by Gasteiger charge is -2.27. The van der Waals surface area contributed by atoms with Gasteiger partial charge in [0.05, 0.1) is 5.52 Å². The van der Waals surface area contributed by atoms with Gasteiger partial charge in [0.25, 0.3) is 0 Å². The zero-order valence-corrected chi connectivity index (χ0v) is 23.6. The summed E-state index contributed by atoms with van der Waals surface area (Å²) < 4.78 is 1.64. The van der Waals surface area contributed by atoms with Crippen LogP contribution in [0.3, 0.4) is 0 Å². The van der Waals surface area contributed by atoms with Crippen LogP contribution in [-0.2, 0) is 16.1 Å². The fourth-order valence-electron chi connectivity index (χ4n) is 6.06. The van der Waals surface area contributed by atoms with Crippen LogP contribution in [0.1, 0.15) is 81.2 Å². The second kappa shape index (κ2) is 10.5. The van der Waals surface area contributed by atoms with Crippen LogP contribution in [0, 0.1) is 19.3 Å². The fraction of sp³-hybridized carbons (Fsp3) is 0.533. The van der Waals surface area contributed by atoms with E-state index in [9.17, 15) is 14.4 Å². The number of rotatable bonds is 10. The van der Waals surface area contributed by atoms with E-state index in [0.29, 0.717) is 29.9 Å². The molecule has 2 fully saturated rings. The van der Waals surface area contributed by atoms with Gasteiger partial charge in [-0.3, -0.25) is 19.1 Å². The molecule has 1 aromatic carbocycles. The first-order chi connectivity index (χ1) is 18.6. The summed E-state index contributed by atoms with van der Waals surface area (Å²) in [4.78, 5) is 49.9. The van der Waals surface area contributed by atoms with Crippen LogP contribution in [0.4, 0.5) is 0 Å². The Hall–Kier alpha value is -3.62. The molecule has 9 heteroatoms. The van der Waals surface area contributed by atoms with Gasteiger partial charge in [-0.25, -0.2) is 9.97 Å². The smallest absolute Gasteiger partial charge is 0.245 e. The second-order valence-corrected chi connectivity index (χ2v) is 11.5. The summed E-state index contributed by atoms with van der Waals surface area (Å²) in [5.41, 5.74) is 3.71. The van der Waals surface area contributed by atoms with Gasteiger partial charge in [-0.2, -0.15) is 5.10 Å². The number of carbonyl (C=O) groups excluding carboxylic acids is 3. The van der Waals surface area contributed by atoms with Crippen molar-refractivity contribution >= 4 is 28.5 Å². The fourth-order valence-corrected chi connectivity index (χ4v) is 6.06.